The first-order valence-corrected chi connectivity index (χ1v) is 11.1. The number of ether oxygens (including phenoxy) is 1. The Labute approximate surface area is 179 Å². The van der Waals surface area contributed by atoms with Crippen LogP contribution < -0.4 is 16.4 Å². The van der Waals surface area contributed by atoms with Gasteiger partial charge in [-0.15, -0.1) is 0 Å². The van der Waals surface area contributed by atoms with Crippen molar-refractivity contribution in [2.75, 3.05) is 26.2 Å². The fraction of sp³-hybridized carbons (Fsp3) is 0.609. The van der Waals surface area contributed by atoms with E-state index in [-0.39, 0.29) is 23.8 Å². The van der Waals surface area contributed by atoms with Gasteiger partial charge in [0.1, 0.15) is 11.9 Å². The molecule has 3 atom stereocenters. The SMILES string of the molecule is CCCCN/C(=C\C(N)[C@@H](C)N(C(=O)[C@H]1CNCCO1)C1CC1)c1cccc(F)c1. The van der Waals surface area contributed by atoms with Crippen molar-refractivity contribution in [3.8, 4) is 0 Å². The maximum atomic E-state index is 13.8. The molecule has 0 bridgehead atoms. The lowest BCUT2D eigenvalue weighted by Gasteiger charge is -2.36. The van der Waals surface area contributed by atoms with E-state index in [0.29, 0.717) is 13.2 Å². The van der Waals surface area contributed by atoms with Crippen molar-refractivity contribution < 1.29 is 13.9 Å². The van der Waals surface area contributed by atoms with Crippen molar-refractivity contribution in [3.05, 3.63) is 41.7 Å². The highest BCUT2D eigenvalue weighted by atomic mass is 19.1. The largest absolute Gasteiger partial charge is 0.385 e. The van der Waals surface area contributed by atoms with Gasteiger partial charge in [0.05, 0.1) is 6.61 Å². The number of nitrogens with two attached hydrogens (primary N) is 1. The summed E-state index contributed by atoms with van der Waals surface area (Å²) in [6.07, 6.45) is 5.54. The van der Waals surface area contributed by atoms with Gasteiger partial charge in [-0.3, -0.25) is 4.79 Å². The molecule has 166 valence electrons. The average molecular weight is 419 g/mol. The topological polar surface area (TPSA) is 79.6 Å². The minimum absolute atomic E-state index is 0.00676. The standard InChI is InChI=1S/C23H35FN4O2/c1-3-4-10-27-21(17-6-5-7-18(24)13-17)14-20(25)16(2)28(19-8-9-19)23(29)22-15-26-11-12-30-22/h5-7,13-14,16,19-20,22,26-27H,3-4,8-12,15,25H2,1-2H3/b21-14-/t16-,20?,22-/m1/s1. The summed E-state index contributed by atoms with van der Waals surface area (Å²) in [7, 11) is 0. The Bertz CT molecular complexity index is 732. The molecule has 2 aliphatic rings. The molecule has 1 saturated heterocycles. The number of carbonyl (C=O) groups excluding carboxylic acids is 1. The zero-order valence-electron chi connectivity index (χ0n) is 18.1. The van der Waals surface area contributed by atoms with Crippen LogP contribution in [0.1, 0.15) is 45.1 Å². The van der Waals surface area contributed by atoms with Gasteiger partial charge in [-0.25, -0.2) is 4.39 Å². The molecule has 1 aliphatic carbocycles. The van der Waals surface area contributed by atoms with E-state index in [1.54, 1.807) is 6.07 Å². The monoisotopic (exact) mass is 418 g/mol. The van der Waals surface area contributed by atoms with Gasteiger partial charge in [0.15, 0.2) is 0 Å². The first-order valence-electron chi connectivity index (χ1n) is 11.1. The second kappa shape index (κ2) is 10.9. The summed E-state index contributed by atoms with van der Waals surface area (Å²) >= 11 is 0. The number of morpholine rings is 1. The van der Waals surface area contributed by atoms with Gasteiger partial charge in [0, 0.05) is 49.0 Å². The lowest BCUT2D eigenvalue weighted by molar-refractivity contribution is -0.148. The van der Waals surface area contributed by atoms with Crippen molar-refractivity contribution in [1.82, 2.24) is 15.5 Å². The molecule has 2 fully saturated rings. The molecule has 1 amide bonds. The minimum atomic E-state index is -0.455. The average Bonchev–Trinajstić information content (AvgIpc) is 3.58. The molecule has 30 heavy (non-hydrogen) atoms. The summed E-state index contributed by atoms with van der Waals surface area (Å²) < 4.78 is 19.5. The predicted octanol–water partition coefficient (Wildman–Crippen LogP) is 2.25. The first-order chi connectivity index (χ1) is 14.5. The molecular formula is C23H35FN4O2. The lowest BCUT2D eigenvalue weighted by atomic mass is 10.0. The Kier molecular flexibility index (Phi) is 8.24. The molecule has 4 N–H and O–H groups in total. The van der Waals surface area contributed by atoms with E-state index in [2.05, 4.69) is 17.6 Å². The van der Waals surface area contributed by atoms with E-state index in [4.69, 9.17) is 10.5 Å². The van der Waals surface area contributed by atoms with Crippen LogP contribution in [0.25, 0.3) is 5.70 Å². The van der Waals surface area contributed by atoms with Gasteiger partial charge < -0.3 is 26.0 Å². The van der Waals surface area contributed by atoms with Gasteiger partial charge in [-0.2, -0.15) is 0 Å². The molecule has 6 nitrogen and oxygen atoms in total. The van der Waals surface area contributed by atoms with E-state index in [1.807, 2.05) is 24.0 Å². The number of unbranched alkanes of at least 4 members (excludes halogenated alkanes) is 1. The fourth-order valence-corrected chi connectivity index (χ4v) is 3.79. The number of nitrogens with zero attached hydrogens (tertiary/aromatic N) is 1. The highest BCUT2D eigenvalue weighted by Crippen LogP contribution is 2.31. The first kappa shape index (κ1) is 22.7. The van der Waals surface area contributed by atoms with E-state index >= 15 is 0 Å². The Morgan fingerprint density at radius 2 is 2.27 bits per heavy atom. The van der Waals surface area contributed by atoms with Crippen LogP contribution in [0, 0.1) is 5.82 Å². The van der Waals surface area contributed by atoms with Crippen LogP contribution in [0.3, 0.4) is 0 Å². The number of nitrogens with one attached hydrogen (secondary N) is 2. The number of amides is 1. The maximum absolute atomic E-state index is 13.8. The normalized spacial score (nSPS) is 21.7. The third-order valence-electron chi connectivity index (χ3n) is 5.73. The zero-order chi connectivity index (χ0) is 21.5. The van der Waals surface area contributed by atoms with Crippen LogP contribution in [-0.2, 0) is 9.53 Å². The third kappa shape index (κ3) is 6.03. The molecule has 1 unspecified atom stereocenters. The zero-order valence-corrected chi connectivity index (χ0v) is 18.1. The Balaban J connectivity index is 1.77. The third-order valence-corrected chi connectivity index (χ3v) is 5.73. The van der Waals surface area contributed by atoms with E-state index < -0.39 is 12.1 Å². The highest BCUT2D eigenvalue weighted by Gasteiger charge is 2.40. The van der Waals surface area contributed by atoms with Crippen molar-refractivity contribution in [3.63, 3.8) is 0 Å². The number of benzene rings is 1. The molecule has 0 aromatic heterocycles. The molecular weight excluding hydrogens is 383 g/mol. The molecule has 7 heteroatoms. The van der Waals surface area contributed by atoms with Gasteiger partial charge in [-0.1, -0.05) is 25.5 Å². The Hall–Kier alpha value is -1.96. The second-order valence-corrected chi connectivity index (χ2v) is 8.23. The summed E-state index contributed by atoms with van der Waals surface area (Å²) in [5, 5.41) is 6.63. The minimum Gasteiger partial charge on any atom is -0.385 e. The molecule has 0 spiro atoms. The number of halogens is 1. The smallest absolute Gasteiger partial charge is 0.253 e. The quantitative estimate of drug-likeness (QED) is 0.508. The van der Waals surface area contributed by atoms with Crippen LogP contribution in [0.4, 0.5) is 4.39 Å². The van der Waals surface area contributed by atoms with Crippen molar-refractivity contribution in [2.24, 2.45) is 5.73 Å². The van der Waals surface area contributed by atoms with Crippen molar-refractivity contribution in [1.29, 1.82) is 0 Å². The molecule has 1 heterocycles. The number of hydrogen-bond donors (Lipinski definition) is 3. The fourth-order valence-electron chi connectivity index (χ4n) is 3.79. The van der Waals surface area contributed by atoms with Gasteiger partial charge in [0.25, 0.3) is 5.91 Å². The van der Waals surface area contributed by atoms with Crippen LogP contribution >= 0.6 is 0 Å². The van der Waals surface area contributed by atoms with E-state index in [9.17, 15) is 9.18 Å². The Morgan fingerprint density at radius 1 is 1.47 bits per heavy atom. The van der Waals surface area contributed by atoms with Crippen LogP contribution in [0.5, 0.6) is 0 Å². The molecule has 1 aromatic rings. The van der Waals surface area contributed by atoms with Crippen LogP contribution in [0.15, 0.2) is 30.3 Å². The van der Waals surface area contributed by atoms with Gasteiger partial charge >= 0.3 is 0 Å². The molecule has 1 aromatic carbocycles. The molecule has 0 radical (unpaired) electrons. The summed E-state index contributed by atoms with van der Waals surface area (Å²) in [6, 6.07) is 6.15. The highest BCUT2D eigenvalue weighted by molar-refractivity contribution is 5.82. The van der Waals surface area contributed by atoms with Crippen molar-refractivity contribution in [2.45, 2.75) is 63.8 Å². The van der Waals surface area contributed by atoms with E-state index in [1.165, 1.54) is 12.1 Å². The molecule has 3 rings (SSSR count). The summed E-state index contributed by atoms with van der Waals surface area (Å²) in [6.45, 7) is 6.75. The van der Waals surface area contributed by atoms with E-state index in [0.717, 1.165) is 50.0 Å². The second-order valence-electron chi connectivity index (χ2n) is 8.23. The van der Waals surface area contributed by atoms with Crippen LogP contribution in [0.2, 0.25) is 0 Å². The van der Waals surface area contributed by atoms with Gasteiger partial charge in [0.2, 0.25) is 0 Å². The van der Waals surface area contributed by atoms with Gasteiger partial charge in [-0.05, 0) is 44.4 Å². The van der Waals surface area contributed by atoms with Crippen LogP contribution in [-0.4, -0.2) is 61.3 Å². The maximum Gasteiger partial charge on any atom is 0.253 e. The number of rotatable bonds is 10. The summed E-state index contributed by atoms with van der Waals surface area (Å²) in [4.78, 5) is 15.1. The number of hydrogen-bond acceptors (Lipinski definition) is 5. The lowest BCUT2D eigenvalue weighted by Crippen LogP contribution is -2.56. The summed E-state index contributed by atoms with van der Waals surface area (Å²) in [5.41, 5.74) is 8.14. The molecule has 1 saturated carbocycles. The Morgan fingerprint density at radius 3 is 2.90 bits per heavy atom. The number of carbonyl (C=O) groups is 1. The molecule has 1 aliphatic heterocycles. The predicted molar refractivity (Wildman–Crippen MR) is 117 cm³/mol. The van der Waals surface area contributed by atoms with Crippen molar-refractivity contribution >= 4 is 11.6 Å². The summed E-state index contributed by atoms with van der Waals surface area (Å²) in [5.74, 6) is -0.277.